The van der Waals surface area contributed by atoms with Crippen molar-refractivity contribution < 1.29 is 9.90 Å². The maximum atomic E-state index is 12.5. The Labute approximate surface area is 203 Å². The molecule has 2 N–H and O–H groups in total. The molecule has 3 rings (SSSR count). The van der Waals surface area contributed by atoms with E-state index in [0.717, 1.165) is 48.6 Å². The van der Waals surface area contributed by atoms with Gasteiger partial charge in [-0.3, -0.25) is 4.90 Å². The predicted octanol–water partition coefficient (Wildman–Crippen LogP) is 6.06. The largest absolute Gasteiger partial charge is 0.465 e. The lowest BCUT2D eigenvalue weighted by molar-refractivity contribution is 0.0751. The summed E-state index contributed by atoms with van der Waals surface area (Å²) >= 11 is 0. The predicted molar refractivity (Wildman–Crippen MR) is 138 cm³/mol. The van der Waals surface area contributed by atoms with Gasteiger partial charge >= 0.3 is 6.09 Å². The molecule has 0 spiro atoms. The number of nitrogens with one attached hydrogen (secondary N) is 1. The Balaban J connectivity index is 2.02. The molecule has 2 aromatic carbocycles. The van der Waals surface area contributed by atoms with Gasteiger partial charge in [0.1, 0.15) is 5.82 Å². The molecule has 6 nitrogen and oxygen atoms in total. The first-order chi connectivity index (χ1) is 16.3. The van der Waals surface area contributed by atoms with Gasteiger partial charge in [-0.1, -0.05) is 88.4 Å². The first-order valence-electron chi connectivity index (χ1n) is 12.2. The van der Waals surface area contributed by atoms with E-state index in [1.165, 1.54) is 0 Å². The van der Waals surface area contributed by atoms with E-state index in [1.54, 1.807) is 4.90 Å². The van der Waals surface area contributed by atoms with Gasteiger partial charge < -0.3 is 15.0 Å². The highest BCUT2D eigenvalue weighted by molar-refractivity contribution is 5.66. The van der Waals surface area contributed by atoms with E-state index in [4.69, 9.17) is 4.98 Å². The van der Waals surface area contributed by atoms with E-state index in [9.17, 15) is 9.90 Å². The second kappa shape index (κ2) is 11.8. The van der Waals surface area contributed by atoms with Crippen molar-refractivity contribution in [3.8, 4) is 11.3 Å². The van der Waals surface area contributed by atoms with Crippen LogP contribution in [0.2, 0.25) is 0 Å². The van der Waals surface area contributed by atoms with E-state index < -0.39 is 12.1 Å². The summed E-state index contributed by atoms with van der Waals surface area (Å²) in [4.78, 5) is 19.1. The fourth-order valence-electron chi connectivity index (χ4n) is 4.31. The second-order valence-electron chi connectivity index (χ2n) is 9.81. The number of hydrogen-bond donors (Lipinski definition) is 2. The van der Waals surface area contributed by atoms with Crippen LogP contribution in [0.15, 0.2) is 66.9 Å². The highest BCUT2D eigenvalue weighted by atomic mass is 16.4. The number of imidazole rings is 1. The van der Waals surface area contributed by atoms with E-state index in [0.29, 0.717) is 13.1 Å². The van der Waals surface area contributed by atoms with Gasteiger partial charge in [0.25, 0.3) is 0 Å². The fraction of sp³-hybridized carbons (Fsp3) is 0.429. The van der Waals surface area contributed by atoms with Crippen LogP contribution in [0, 0.1) is 5.41 Å². The molecule has 182 valence electrons. The average molecular weight is 463 g/mol. The summed E-state index contributed by atoms with van der Waals surface area (Å²) in [5.41, 5.74) is 2.69. The molecule has 6 heteroatoms. The molecule has 34 heavy (non-hydrogen) atoms. The normalized spacial score (nSPS) is 12.5. The zero-order valence-corrected chi connectivity index (χ0v) is 20.9. The number of carbonyl (C=O) groups is 1. The molecule has 0 aliphatic carbocycles. The van der Waals surface area contributed by atoms with Crippen molar-refractivity contribution in [2.45, 2.75) is 53.1 Å². The summed E-state index contributed by atoms with van der Waals surface area (Å²) < 4.78 is 2.12. The minimum atomic E-state index is -0.911. The van der Waals surface area contributed by atoms with Gasteiger partial charge in [0.2, 0.25) is 0 Å². The summed E-state index contributed by atoms with van der Waals surface area (Å²) in [6, 6.07) is 19.9. The maximum absolute atomic E-state index is 12.5. The molecule has 0 fully saturated rings. The fourth-order valence-corrected chi connectivity index (χ4v) is 4.31. The quantitative estimate of drug-likeness (QED) is 0.340. The Hall–Kier alpha value is -3.12. The van der Waals surface area contributed by atoms with Gasteiger partial charge in [-0.05, 0) is 36.9 Å². The van der Waals surface area contributed by atoms with Crippen LogP contribution in [0.5, 0.6) is 0 Å². The first kappa shape index (κ1) is 25.5. The molecule has 0 bridgehead atoms. The number of carboxylic acid groups (broad SMARTS) is 1. The maximum Gasteiger partial charge on any atom is 0.407 e. The SMILES string of the molecule is CCCNCCCN(C(=O)O)[C@@H](c1nc(-c2ccccc2)cn1Cc1ccccc1)C(C)(C)C. The summed E-state index contributed by atoms with van der Waals surface area (Å²) in [5, 5.41) is 13.6. The van der Waals surface area contributed by atoms with E-state index in [-0.39, 0.29) is 5.41 Å². The van der Waals surface area contributed by atoms with Crippen molar-refractivity contribution in [3.63, 3.8) is 0 Å². The van der Waals surface area contributed by atoms with Gasteiger partial charge in [0, 0.05) is 24.8 Å². The van der Waals surface area contributed by atoms with Gasteiger partial charge in [-0.15, -0.1) is 0 Å². The molecule has 1 amide bonds. The van der Waals surface area contributed by atoms with Crippen LogP contribution in [0.4, 0.5) is 4.79 Å². The highest BCUT2D eigenvalue weighted by Crippen LogP contribution is 2.39. The molecule has 0 saturated heterocycles. The smallest absolute Gasteiger partial charge is 0.407 e. The molecule has 1 aromatic heterocycles. The molecule has 1 heterocycles. The van der Waals surface area contributed by atoms with Crippen LogP contribution >= 0.6 is 0 Å². The van der Waals surface area contributed by atoms with Crippen molar-refractivity contribution in [2.75, 3.05) is 19.6 Å². The lowest BCUT2D eigenvalue weighted by atomic mass is 9.84. The van der Waals surface area contributed by atoms with Crippen LogP contribution in [-0.2, 0) is 6.54 Å². The number of aromatic nitrogens is 2. The number of hydrogen-bond acceptors (Lipinski definition) is 3. The van der Waals surface area contributed by atoms with Crippen LogP contribution in [0.1, 0.15) is 58.0 Å². The summed E-state index contributed by atoms with van der Waals surface area (Å²) in [5.74, 6) is 0.777. The third-order valence-electron chi connectivity index (χ3n) is 5.87. The van der Waals surface area contributed by atoms with Gasteiger partial charge in [-0.2, -0.15) is 0 Å². The third-order valence-corrected chi connectivity index (χ3v) is 5.87. The molecule has 0 unspecified atom stereocenters. The average Bonchev–Trinajstić information content (AvgIpc) is 3.21. The zero-order valence-electron chi connectivity index (χ0n) is 20.9. The topological polar surface area (TPSA) is 70.4 Å². The molecule has 0 radical (unpaired) electrons. The van der Waals surface area contributed by atoms with Crippen molar-refractivity contribution in [1.82, 2.24) is 19.8 Å². The van der Waals surface area contributed by atoms with Crippen molar-refractivity contribution >= 4 is 6.09 Å². The van der Waals surface area contributed by atoms with Gasteiger partial charge in [-0.25, -0.2) is 9.78 Å². The van der Waals surface area contributed by atoms with Gasteiger partial charge in [0.05, 0.1) is 11.7 Å². The molecule has 1 atom stereocenters. The molecular weight excluding hydrogens is 424 g/mol. The number of nitrogens with zero attached hydrogens (tertiary/aromatic N) is 3. The number of rotatable bonds is 11. The lowest BCUT2D eigenvalue weighted by Crippen LogP contribution is -2.43. The Bertz CT molecular complexity index is 1030. The minimum Gasteiger partial charge on any atom is -0.465 e. The minimum absolute atomic E-state index is 0.344. The number of benzene rings is 2. The van der Waals surface area contributed by atoms with Crippen LogP contribution in [0.25, 0.3) is 11.3 Å². The van der Waals surface area contributed by atoms with E-state index in [1.807, 2.05) is 48.5 Å². The molecular formula is C28H38N4O2. The molecule has 3 aromatic rings. The van der Waals surface area contributed by atoms with Crippen molar-refractivity contribution in [1.29, 1.82) is 0 Å². The highest BCUT2D eigenvalue weighted by Gasteiger charge is 2.38. The van der Waals surface area contributed by atoms with Crippen LogP contribution in [-0.4, -0.2) is 45.3 Å². The lowest BCUT2D eigenvalue weighted by Gasteiger charge is -2.38. The Morgan fingerprint density at radius 1 is 1.06 bits per heavy atom. The van der Waals surface area contributed by atoms with E-state index >= 15 is 0 Å². The van der Waals surface area contributed by atoms with E-state index in [2.05, 4.69) is 55.9 Å². The summed E-state index contributed by atoms with van der Waals surface area (Å²) in [6.07, 6.45) is 2.96. The Morgan fingerprint density at radius 3 is 2.29 bits per heavy atom. The zero-order chi connectivity index (χ0) is 24.6. The molecule has 0 aliphatic heterocycles. The van der Waals surface area contributed by atoms with Crippen molar-refractivity contribution in [2.24, 2.45) is 5.41 Å². The molecule has 0 aliphatic rings. The van der Waals surface area contributed by atoms with Gasteiger partial charge in [0.15, 0.2) is 0 Å². The molecule has 0 saturated carbocycles. The Morgan fingerprint density at radius 2 is 1.71 bits per heavy atom. The van der Waals surface area contributed by atoms with Crippen molar-refractivity contribution in [3.05, 3.63) is 78.2 Å². The second-order valence-corrected chi connectivity index (χ2v) is 9.81. The monoisotopic (exact) mass is 462 g/mol. The summed E-state index contributed by atoms with van der Waals surface area (Å²) in [6.45, 7) is 11.2. The number of amides is 1. The first-order valence-corrected chi connectivity index (χ1v) is 12.2. The van der Waals surface area contributed by atoms with Crippen LogP contribution < -0.4 is 5.32 Å². The Kier molecular flexibility index (Phi) is 8.88. The standard InChI is InChI=1S/C28H38N4O2/c1-5-17-29-18-12-19-32(27(33)34)25(28(2,3)4)26-30-24(23-15-10-7-11-16-23)21-31(26)20-22-13-8-6-9-14-22/h6-11,13-16,21,25,29H,5,12,17-20H2,1-4H3,(H,33,34)/t25-/m0/s1. The third kappa shape index (κ3) is 6.70. The van der Waals surface area contributed by atoms with Crippen LogP contribution in [0.3, 0.4) is 0 Å². The summed E-state index contributed by atoms with van der Waals surface area (Å²) in [7, 11) is 0.